The molecule has 31 heavy (non-hydrogen) atoms. The first-order valence-electron chi connectivity index (χ1n) is 10.9. The molecule has 0 fully saturated rings. The summed E-state index contributed by atoms with van der Waals surface area (Å²) in [5, 5.41) is 3.55. The van der Waals surface area contributed by atoms with E-state index in [1.165, 1.54) is 5.69 Å². The van der Waals surface area contributed by atoms with E-state index < -0.39 is 0 Å². The fourth-order valence-electron chi connectivity index (χ4n) is 3.86. The molecule has 164 valence electrons. The molecular formula is C24H30N4O2S. The number of hydrogen-bond acceptors (Lipinski definition) is 6. The van der Waals surface area contributed by atoms with E-state index in [1.807, 2.05) is 13.0 Å². The van der Waals surface area contributed by atoms with Gasteiger partial charge in [-0.25, -0.2) is 4.98 Å². The van der Waals surface area contributed by atoms with Crippen LogP contribution in [0.3, 0.4) is 0 Å². The minimum absolute atomic E-state index is 0.629. The number of imidazole rings is 1. The van der Waals surface area contributed by atoms with Crippen molar-refractivity contribution in [2.24, 2.45) is 0 Å². The number of benzene rings is 2. The molecule has 0 aliphatic heterocycles. The summed E-state index contributed by atoms with van der Waals surface area (Å²) < 4.78 is 14.3. The number of ether oxygens (including phenoxy) is 2. The van der Waals surface area contributed by atoms with Crippen molar-refractivity contribution in [2.45, 2.75) is 20.8 Å². The first-order valence-corrected chi connectivity index (χ1v) is 11.7. The standard InChI is InChI=1S/C24H30N4O2S/c1-5-27(6-2)18-10-8-17(9-11-18)22-23(25-14-15-29-4)28-20-13-12-19(30-7-3)16-21(20)31-24(28)26-22/h8-13,16,25H,5-7,14-15H2,1-4H3. The molecule has 0 aliphatic carbocycles. The van der Waals surface area contributed by atoms with Crippen molar-refractivity contribution in [3.8, 4) is 17.0 Å². The second-order valence-corrected chi connectivity index (χ2v) is 8.24. The molecule has 4 aromatic rings. The van der Waals surface area contributed by atoms with Gasteiger partial charge in [-0.3, -0.25) is 4.40 Å². The third-order valence-electron chi connectivity index (χ3n) is 5.40. The first kappa shape index (κ1) is 21.5. The maximum Gasteiger partial charge on any atom is 0.197 e. The molecule has 2 aromatic carbocycles. The van der Waals surface area contributed by atoms with E-state index in [2.05, 4.69) is 64.9 Å². The topological polar surface area (TPSA) is 51.0 Å². The highest BCUT2D eigenvalue weighted by molar-refractivity contribution is 7.23. The molecule has 0 aliphatic rings. The van der Waals surface area contributed by atoms with Crippen LogP contribution in [0.4, 0.5) is 11.5 Å². The van der Waals surface area contributed by atoms with Gasteiger partial charge in [0.2, 0.25) is 0 Å². The zero-order valence-electron chi connectivity index (χ0n) is 18.6. The van der Waals surface area contributed by atoms with E-state index in [4.69, 9.17) is 14.5 Å². The van der Waals surface area contributed by atoms with Crippen molar-refractivity contribution in [3.05, 3.63) is 42.5 Å². The minimum Gasteiger partial charge on any atom is -0.494 e. The highest BCUT2D eigenvalue weighted by Crippen LogP contribution is 2.37. The lowest BCUT2D eigenvalue weighted by Gasteiger charge is -2.21. The van der Waals surface area contributed by atoms with E-state index in [-0.39, 0.29) is 0 Å². The summed E-state index contributed by atoms with van der Waals surface area (Å²) in [6.45, 7) is 10.4. The van der Waals surface area contributed by atoms with Crippen LogP contribution in [0.5, 0.6) is 5.75 Å². The van der Waals surface area contributed by atoms with Gasteiger partial charge in [-0.15, -0.1) is 0 Å². The molecule has 0 bridgehead atoms. The molecule has 1 N–H and O–H groups in total. The summed E-state index contributed by atoms with van der Waals surface area (Å²) in [4.78, 5) is 8.32. The van der Waals surface area contributed by atoms with E-state index in [1.54, 1.807) is 18.4 Å². The molecule has 6 nitrogen and oxygen atoms in total. The smallest absolute Gasteiger partial charge is 0.197 e. The maximum atomic E-state index is 5.68. The third-order valence-corrected chi connectivity index (χ3v) is 6.40. The summed E-state index contributed by atoms with van der Waals surface area (Å²) in [7, 11) is 1.72. The molecule has 0 radical (unpaired) electrons. The fraction of sp³-hybridized carbons (Fsp3) is 0.375. The summed E-state index contributed by atoms with van der Waals surface area (Å²) in [6.07, 6.45) is 0. The van der Waals surface area contributed by atoms with Crippen molar-refractivity contribution in [2.75, 3.05) is 50.2 Å². The highest BCUT2D eigenvalue weighted by Gasteiger charge is 2.19. The van der Waals surface area contributed by atoms with Crippen molar-refractivity contribution in [1.29, 1.82) is 0 Å². The summed E-state index contributed by atoms with van der Waals surface area (Å²) in [5.41, 5.74) is 4.43. The molecule has 4 rings (SSSR count). The van der Waals surface area contributed by atoms with Gasteiger partial charge < -0.3 is 19.7 Å². The summed E-state index contributed by atoms with van der Waals surface area (Å²) >= 11 is 1.68. The van der Waals surface area contributed by atoms with Crippen LogP contribution in [-0.4, -0.2) is 49.3 Å². The Morgan fingerprint density at radius 2 is 1.84 bits per heavy atom. The first-order chi connectivity index (χ1) is 15.2. The Bertz CT molecular complexity index is 1150. The molecule has 0 atom stereocenters. The van der Waals surface area contributed by atoms with Crippen molar-refractivity contribution >= 4 is 38.0 Å². The van der Waals surface area contributed by atoms with Gasteiger partial charge in [-0.2, -0.15) is 0 Å². The molecule has 7 heteroatoms. The van der Waals surface area contributed by atoms with Gasteiger partial charge in [0.05, 0.1) is 23.4 Å². The van der Waals surface area contributed by atoms with E-state index in [0.29, 0.717) is 19.8 Å². The molecule has 2 heterocycles. The van der Waals surface area contributed by atoms with Gasteiger partial charge in [0.1, 0.15) is 17.3 Å². The van der Waals surface area contributed by atoms with Crippen LogP contribution >= 0.6 is 11.3 Å². The number of aromatic nitrogens is 2. The van der Waals surface area contributed by atoms with Crippen LogP contribution in [-0.2, 0) is 4.74 Å². The molecule has 0 spiro atoms. The van der Waals surface area contributed by atoms with Crippen LogP contribution in [0.25, 0.3) is 26.4 Å². The van der Waals surface area contributed by atoms with Gasteiger partial charge in [0.15, 0.2) is 4.96 Å². The van der Waals surface area contributed by atoms with Crippen molar-refractivity contribution < 1.29 is 9.47 Å². The monoisotopic (exact) mass is 438 g/mol. The van der Waals surface area contributed by atoms with Gasteiger partial charge in [0.25, 0.3) is 0 Å². The quantitative estimate of drug-likeness (QED) is 0.331. The number of anilines is 2. The van der Waals surface area contributed by atoms with E-state index >= 15 is 0 Å². The average molecular weight is 439 g/mol. The molecule has 0 saturated carbocycles. The Morgan fingerprint density at radius 3 is 2.52 bits per heavy atom. The Morgan fingerprint density at radius 1 is 1.06 bits per heavy atom. The molecule has 0 saturated heterocycles. The zero-order chi connectivity index (χ0) is 21.8. The van der Waals surface area contributed by atoms with Crippen LogP contribution < -0.4 is 15.0 Å². The lowest BCUT2D eigenvalue weighted by molar-refractivity contribution is 0.210. The van der Waals surface area contributed by atoms with Crippen molar-refractivity contribution in [1.82, 2.24) is 9.38 Å². The van der Waals surface area contributed by atoms with Crippen LogP contribution in [0.1, 0.15) is 20.8 Å². The number of hydrogen-bond donors (Lipinski definition) is 1. The number of nitrogens with zero attached hydrogens (tertiary/aromatic N) is 3. The SMILES string of the molecule is CCOc1ccc2c(c1)sc1nc(-c3ccc(N(CC)CC)cc3)c(NCCOC)n12. The lowest BCUT2D eigenvalue weighted by Crippen LogP contribution is -2.21. The number of nitrogens with one attached hydrogen (secondary N) is 1. The normalized spacial score (nSPS) is 11.4. The Hall–Kier alpha value is -2.77. The average Bonchev–Trinajstić information content (AvgIpc) is 3.31. The number of thiazole rings is 1. The van der Waals surface area contributed by atoms with Gasteiger partial charge >= 0.3 is 0 Å². The minimum atomic E-state index is 0.629. The second-order valence-electron chi connectivity index (χ2n) is 7.23. The number of rotatable bonds is 10. The largest absolute Gasteiger partial charge is 0.494 e. The van der Waals surface area contributed by atoms with E-state index in [0.717, 1.165) is 51.1 Å². The summed E-state index contributed by atoms with van der Waals surface area (Å²) in [5.74, 6) is 1.89. The molecule has 0 amide bonds. The highest BCUT2D eigenvalue weighted by atomic mass is 32.1. The summed E-state index contributed by atoms with van der Waals surface area (Å²) in [6, 6.07) is 14.9. The number of methoxy groups -OCH3 is 1. The van der Waals surface area contributed by atoms with Gasteiger partial charge in [0, 0.05) is 38.0 Å². The Labute approximate surface area is 187 Å². The van der Waals surface area contributed by atoms with Crippen LogP contribution in [0, 0.1) is 0 Å². The molecular weight excluding hydrogens is 408 g/mol. The third kappa shape index (κ3) is 4.20. The zero-order valence-corrected chi connectivity index (χ0v) is 19.5. The van der Waals surface area contributed by atoms with Crippen LogP contribution in [0.15, 0.2) is 42.5 Å². The van der Waals surface area contributed by atoms with Gasteiger partial charge in [-0.05, 0) is 51.1 Å². The number of fused-ring (bicyclic) bond motifs is 3. The predicted molar refractivity (Wildman–Crippen MR) is 131 cm³/mol. The Kier molecular flexibility index (Phi) is 6.63. The van der Waals surface area contributed by atoms with Crippen molar-refractivity contribution in [3.63, 3.8) is 0 Å². The fourth-order valence-corrected chi connectivity index (χ4v) is 4.92. The van der Waals surface area contributed by atoms with Gasteiger partial charge in [-0.1, -0.05) is 23.5 Å². The second kappa shape index (κ2) is 9.58. The predicted octanol–water partition coefficient (Wildman–Crippen LogP) is 5.52. The Balaban J connectivity index is 1.79. The molecule has 2 aromatic heterocycles. The maximum absolute atomic E-state index is 5.68. The van der Waals surface area contributed by atoms with Crippen LogP contribution in [0.2, 0.25) is 0 Å². The molecule has 0 unspecified atom stereocenters. The lowest BCUT2D eigenvalue weighted by atomic mass is 10.1. The van der Waals surface area contributed by atoms with E-state index in [9.17, 15) is 0 Å².